The molecule has 0 atom stereocenters. The Hall–Kier alpha value is -2.00. The molecule has 21 heavy (non-hydrogen) atoms. The first-order valence-corrected chi connectivity index (χ1v) is 8.05. The molecule has 0 aliphatic heterocycles. The molecule has 0 bridgehead atoms. The summed E-state index contributed by atoms with van der Waals surface area (Å²) in [7, 11) is -3.77. The maximum absolute atomic E-state index is 12.4. The highest BCUT2D eigenvalue weighted by atomic mass is 32.2. The summed E-state index contributed by atoms with van der Waals surface area (Å²) < 4.78 is 27.2. The Morgan fingerprint density at radius 2 is 2.00 bits per heavy atom. The molecule has 0 saturated heterocycles. The minimum Gasteiger partial charge on any atom is -0.313 e. The van der Waals surface area contributed by atoms with Crippen LogP contribution in [0, 0.1) is 6.92 Å². The van der Waals surface area contributed by atoms with Gasteiger partial charge in [0.2, 0.25) is 5.03 Å². The van der Waals surface area contributed by atoms with Gasteiger partial charge in [0.1, 0.15) is 6.33 Å². The molecule has 0 unspecified atom stereocenters. The van der Waals surface area contributed by atoms with Crippen molar-refractivity contribution in [2.45, 2.75) is 31.8 Å². The zero-order valence-electron chi connectivity index (χ0n) is 11.9. The van der Waals surface area contributed by atoms with E-state index in [9.17, 15) is 8.42 Å². The number of hydrogen-bond donors (Lipinski definition) is 3. The number of rotatable bonds is 7. The monoisotopic (exact) mass is 310 g/mol. The predicted molar refractivity (Wildman–Crippen MR) is 78.2 cm³/mol. The molecule has 0 saturated carbocycles. The second-order valence-corrected chi connectivity index (χ2v) is 6.14. The predicted octanol–water partition coefficient (Wildman–Crippen LogP) is 0.809. The minimum atomic E-state index is -3.77. The van der Waals surface area contributed by atoms with E-state index >= 15 is 0 Å². The minimum absolute atomic E-state index is 0.00699. The van der Waals surface area contributed by atoms with Crippen LogP contribution in [0.3, 0.4) is 0 Å². The zero-order chi connectivity index (χ0) is 15.3. The third kappa shape index (κ3) is 3.76. The van der Waals surface area contributed by atoms with E-state index in [1.807, 2.05) is 6.92 Å². The van der Waals surface area contributed by atoms with Gasteiger partial charge in [0.25, 0.3) is 10.0 Å². The van der Waals surface area contributed by atoms with Crippen molar-refractivity contribution < 1.29 is 8.42 Å². The Balaban J connectivity index is 2.24. The molecule has 114 valence electrons. The Kier molecular flexibility index (Phi) is 4.86. The molecule has 2 rings (SSSR count). The average Bonchev–Trinajstić information content (AvgIpc) is 2.82. The Bertz CT molecular complexity index is 683. The number of aromatic amines is 1. The quantitative estimate of drug-likeness (QED) is 0.652. The molecule has 0 radical (unpaired) electrons. The van der Waals surface area contributed by atoms with Crippen LogP contribution in [0.5, 0.6) is 0 Å². The summed E-state index contributed by atoms with van der Waals surface area (Å²) in [6.07, 6.45) is 5.08. The lowest BCUT2D eigenvalue weighted by atomic mass is 10.2. The van der Waals surface area contributed by atoms with Gasteiger partial charge in [-0.3, -0.25) is 9.82 Å². The highest BCUT2D eigenvalue weighted by Crippen LogP contribution is 2.19. The number of anilines is 1. The van der Waals surface area contributed by atoms with E-state index in [0.29, 0.717) is 17.8 Å². The zero-order valence-corrected chi connectivity index (χ0v) is 12.7. The summed E-state index contributed by atoms with van der Waals surface area (Å²) in [5.41, 5.74) is 1.65. The van der Waals surface area contributed by atoms with E-state index in [-0.39, 0.29) is 5.03 Å². The van der Waals surface area contributed by atoms with Crippen LogP contribution in [0.25, 0.3) is 0 Å². The highest BCUT2D eigenvalue weighted by Gasteiger charge is 2.23. The van der Waals surface area contributed by atoms with Crippen LogP contribution in [0.4, 0.5) is 5.69 Å². The van der Waals surface area contributed by atoms with Crippen LogP contribution in [0.1, 0.15) is 24.6 Å². The van der Waals surface area contributed by atoms with Gasteiger partial charge in [-0.15, -0.1) is 0 Å². The molecule has 0 amide bonds. The van der Waals surface area contributed by atoms with Crippen molar-refractivity contribution in [2.75, 3.05) is 11.3 Å². The first-order chi connectivity index (χ1) is 10.0. The summed E-state index contributed by atoms with van der Waals surface area (Å²) in [5, 5.41) is 9.79. The maximum atomic E-state index is 12.4. The van der Waals surface area contributed by atoms with Crippen LogP contribution in [0.15, 0.2) is 23.7 Å². The van der Waals surface area contributed by atoms with Gasteiger partial charge in [0, 0.05) is 17.8 Å². The van der Waals surface area contributed by atoms with Crippen molar-refractivity contribution in [3.63, 3.8) is 0 Å². The first-order valence-electron chi connectivity index (χ1n) is 6.57. The number of sulfonamides is 1. The Morgan fingerprint density at radius 3 is 2.67 bits per heavy atom. The molecule has 0 spiro atoms. The largest absolute Gasteiger partial charge is 0.313 e. The molecule has 3 N–H and O–H groups in total. The van der Waals surface area contributed by atoms with E-state index in [4.69, 9.17) is 0 Å². The van der Waals surface area contributed by atoms with Crippen LogP contribution in [0.2, 0.25) is 0 Å². The fourth-order valence-corrected chi connectivity index (χ4v) is 3.03. The molecule has 0 aliphatic carbocycles. The molecule has 2 heterocycles. The van der Waals surface area contributed by atoms with Crippen molar-refractivity contribution in [1.82, 2.24) is 25.5 Å². The number of aromatic nitrogens is 4. The van der Waals surface area contributed by atoms with Crippen molar-refractivity contribution in [2.24, 2.45) is 0 Å². The normalized spacial score (nSPS) is 11.5. The molecule has 0 aromatic carbocycles. The molecular formula is C12H18N6O2S. The van der Waals surface area contributed by atoms with E-state index in [1.54, 1.807) is 6.92 Å². The van der Waals surface area contributed by atoms with E-state index in [0.717, 1.165) is 18.7 Å². The summed E-state index contributed by atoms with van der Waals surface area (Å²) in [6, 6.07) is 0. The van der Waals surface area contributed by atoms with Gasteiger partial charge in [-0.05, 0) is 19.9 Å². The third-order valence-electron chi connectivity index (χ3n) is 2.83. The standard InChI is InChI=1S/C12H18N6O2S/c1-3-4-13-7-11-9(2)16-17-12(11)21(19,20)18-10-5-14-8-15-6-10/h5-6,8,13,18H,3-4,7H2,1-2H3,(H,16,17). The third-order valence-corrected chi connectivity index (χ3v) is 4.18. The fourth-order valence-electron chi connectivity index (χ4n) is 1.81. The lowest BCUT2D eigenvalue weighted by Crippen LogP contribution is -2.19. The smallest absolute Gasteiger partial charge is 0.281 e. The van der Waals surface area contributed by atoms with Crippen molar-refractivity contribution in [1.29, 1.82) is 0 Å². The van der Waals surface area contributed by atoms with Crippen LogP contribution in [-0.2, 0) is 16.6 Å². The van der Waals surface area contributed by atoms with Crippen LogP contribution in [-0.4, -0.2) is 35.1 Å². The number of aryl methyl sites for hydroxylation is 1. The second-order valence-electron chi connectivity index (χ2n) is 4.54. The Labute approximate surface area is 123 Å². The van der Waals surface area contributed by atoms with Crippen molar-refractivity contribution >= 4 is 15.7 Å². The topological polar surface area (TPSA) is 113 Å². The summed E-state index contributed by atoms with van der Waals surface area (Å²) in [5.74, 6) is 0. The molecule has 9 heteroatoms. The average molecular weight is 310 g/mol. The fraction of sp³-hybridized carbons (Fsp3) is 0.417. The first kappa shape index (κ1) is 15.4. The van der Waals surface area contributed by atoms with Crippen molar-refractivity contribution in [3.05, 3.63) is 30.0 Å². The van der Waals surface area contributed by atoms with Gasteiger partial charge in [-0.25, -0.2) is 9.97 Å². The molecule has 0 fully saturated rings. The van der Waals surface area contributed by atoms with Gasteiger partial charge in [-0.1, -0.05) is 6.92 Å². The SMILES string of the molecule is CCCNCc1c(S(=O)(=O)Nc2cncnc2)n[nH]c1C. The maximum Gasteiger partial charge on any atom is 0.281 e. The second kappa shape index (κ2) is 6.64. The molecule has 8 nitrogen and oxygen atoms in total. The van der Waals surface area contributed by atoms with Crippen LogP contribution < -0.4 is 10.0 Å². The Morgan fingerprint density at radius 1 is 1.29 bits per heavy atom. The molecule has 0 aliphatic rings. The van der Waals surface area contributed by atoms with Crippen LogP contribution >= 0.6 is 0 Å². The summed E-state index contributed by atoms with van der Waals surface area (Å²) in [4.78, 5) is 7.54. The number of hydrogen-bond acceptors (Lipinski definition) is 6. The molecular weight excluding hydrogens is 292 g/mol. The van der Waals surface area contributed by atoms with E-state index in [1.165, 1.54) is 18.7 Å². The van der Waals surface area contributed by atoms with Gasteiger partial charge in [0.05, 0.1) is 18.1 Å². The van der Waals surface area contributed by atoms with Gasteiger partial charge in [0.15, 0.2) is 0 Å². The van der Waals surface area contributed by atoms with Gasteiger partial charge < -0.3 is 5.32 Å². The van der Waals surface area contributed by atoms with Gasteiger partial charge >= 0.3 is 0 Å². The van der Waals surface area contributed by atoms with E-state index in [2.05, 4.69) is 30.2 Å². The number of nitrogens with zero attached hydrogens (tertiary/aromatic N) is 3. The molecule has 2 aromatic heterocycles. The lowest BCUT2D eigenvalue weighted by molar-refractivity contribution is 0.593. The van der Waals surface area contributed by atoms with Gasteiger partial charge in [-0.2, -0.15) is 13.5 Å². The summed E-state index contributed by atoms with van der Waals surface area (Å²) in [6.45, 7) is 5.09. The molecule has 2 aromatic rings. The van der Waals surface area contributed by atoms with Crippen molar-refractivity contribution in [3.8, 4) is 0 Å². The number of H-pyrrole nitrogens is 1. The summed E-state index contributed by atoms with van der Waals surface area (Å²) >= 11 is 0. The highest BCUT2D eigenvalue weighted by molar-refractivity contribution is 7.92. The lowest BCUT2D eigenvalue weighted by Gasteiger charge is -2.08. The number of nitrogens with one attached hydrogen (secondary N) is 3. The van der Waals surface area contributed by atoms with E-state index < -0.39 is 10.0 Å².